The number of carbonyl (C=O) groups is 2. The second kappa shape index (κ2) is 8.46. The third-order valence-electron chi connectivity index (χ3n) is 6.43. The summed E-state index contributed by atoms with van der Waals surface area (Å²) in [5.41, 5.74) is 2.86. The van der Waals surface area contributed by atoms with Crippen LogP contribution >= 0.6 is 0 Å². The van der Waals surface area contributed by atoms with Crippen molar-refractivity contribution in [1.29, 1.82) is 0 Å². The van der Waals surface area contributed by atoms with Gasteiger partial charge in [-0.1, -0.05) is 44.0 Å². The molecule has 31 heavy (non-hydrogen) atoms. The topological polar surface area (TPSA) is 83.6 Å². The molecule has 2 aliphatic rings. The van der Waals surface area contributed by atoms with Gasteiger partial charge in [-0.25, -0.2) is 8.42 Å². The molecule has 0 aromatic heterocycles. The molecule has 0 radical (unpaired) electrons. The van der Waals surface area contributed by atoms with Crippen LogP contribution in [0.25, 0.3) is 0 Å². The Morgan fingerprint density at radius 1 is 0.935 bits per heavy atom. The van der Waals surface area contributed by atoms with Crippen LogP contribution < -0.4 is 4.72 Å². The molecule has 1 aliphatic carbocycles. The molecule has 6 nitrogen and oxygen atoms in total. The van der Waals surface area contributed by atoms with Crippen LogP contribution in [0.4, 0.5) is 5.69 Å². The zero-order valence-electron chi connectivity index (χ0n) is 17.9. The predicted octanol–water partition coefficient (Wildman–Crippen LogP) is 4.03. The summed E-state index contributed by atoms with van der Waals surface area (Å²) in [6.45, 7) is 3.89. The Labute approximate surface area is 183 Å². The lowest BCUT2D eigenvalue weighted by molar-refractivity contribution is -0.140. The number of likely N-dealkylation sites (tertiary alicyclic amines) is 1. The van der Waals surface area contributed by atoms with E-state index < -0.39 is 10.0 Å². The Morgan fingerprint density at radius 2 is 1.52 bits per heavy atom. The van der Waals surface area contributed by atoms with Crippen LogP contribution in [-0.4, -0.2) is 25.1 Å². The maximum Gasteiger partial charge on any atom is 0.262 e. The molecule has 0 spiro atoms. The van der Waals surface area contributed by atoms with Crippen LogP contribution in [0.1, 0.15) is 49.3 Å². The highest BCUT2D eigenvalue weighted by molar-refractivity contribution is 7.92. The normalized spacial score (nSPS) is 21.3. The van der Waals surface area contributed by atoms with Gasteiger partial charge in [-0.15, -0.1) is 0 Å². The van der Waals surface area contributed by atoms with E-state index in [1.165, 1.54) is 4.90 Å². The summed E-state index contributed by atoms with van der Waals surface area (Å²) in [5, 5.41) is 0. The van der Waals surface area contributed by atoms with Gasteiger partial charge in [-0.05, 0) is 61.1 Å². The minimum atomic E-state index is -3.81. The van der Waals surface area contributed by atoms with Gasteiger partial charge in [0.2, 0.25) is 11.8 Å². The molecule has 2 amide bonds. The Kier molecular flexibility index (Phi) is 5.88. The Hall–Kier alpha value is -2.67. The summed E-state index contributed by atoms with van der Waals surface area (Å²) in [7, 11) is -3.81. The number of hydrogen-bond donors (Lipinski definition) is 1. The Morgan fingerprint density at radius 3 is 2.10 bits per heavy atom. The van der Waals surface area contributed by atoms with Gasteiger partial charge in [0.25, 0.3) is 10.0 Å². The summed E-state index contributed by atoms with van der Waals surface area (Å²) in [4.78, 5) is 27.0. The second-order valence-electron chi connectivity index (χ2n) is 8.52. The number of nitrogens with zero attached hydrogens (tertiary/aromatic N) is 1. The fraction of sp³-hybridized carbons (Fsp3) is 0.417. The number of fused-ring (bicyclic) bond motifs is 1. The molecule has 164 valence electrons. The maximum atomic E-state index is 13.0. The predicted molar refractivity (Wildman–Crippen MR) is 119 cm³/mol. The van der Waals surface area contributed by atoms with Gasteiger partial charge in [0.05, 0.1) is 23.3 Å². The van der Waals surface area contributed by atoms with E-state index in [1.807, 2.05) is 19.1 Å². The third kappa shape index (κ3) is 4.24. The summed E-state index contributed by atoms with van der Waals surface area (Å²) in [6, 6.07) is 12.4. The first kappa shape index (κ1) is 21.6. The van der Waals surface area contributed by atoms with Gasteiger partial charge in [0.15, 0.2) is 0 Å². The van der Waals surface area contributed by atoms with E-state index in [0.717, 1.165) is 37.7 Å². The highest BCUT2D eigenvalue weighted by atomic mass is 32.2. The molecular weight excluding hydrogens is 412 g/mol. The van der Waals surface area contributed by atoms with Crippen molar-refractivity contribution in [3.05, 3.63) is 59.2 Å². The van der Waals surface area contributed by atoms with Crippen molar-refractivity contribution in [2.24, 2.45) is 11.8 Å². The molecule has 2 aromatic carbocycles. The number of hydrogen-bond acceptors (Lipinski definition) is 4. The van der Waals surface area contributed by atoms with E-state index in [1.54, 1.807) is 37.3 Å². The first-order chi connectivity index (χ1) is 14.8. The number of rotatable bonds is 6. The minimum absolute atomic E-state index is 0.110. The van der Waals surface area contributed by atoms with Gasteiger partial charge in [-0.2, -0.15) is 0 Å². The minimum Gasteiger partial charge on any atom is -0.280 e. The molecule has 0 bridgehead atoms. The molecule has 0 unspecified atom stereocenters. The second-order valence-corrected chi connectivity index (χ2v) is 10.2. The van der Waals surface area contributed by atoms with E-state index >= 15 is 0 Å². The summed E-state index contributed by atoms with van der Waals surface area (Å²) >= 11 is 0. The van der Waals surface area contributed by atoms with Gasteiger partial charge in [-0.3, -0.25) is 19.2 Å². The standard InChI is InChI=1S/C24H28N2O4S/c1-3-17-10-12-19(13-11-17)25-31(29,30)22-14-18(9-8-16(22)2)15-26-23(27)20-6-4-5-7-21(20)24(26)28/h8-14,20-21,25H,3-7,15H2,1-2H3/t20-,21-/m0/s1. The van der Waals surface area contributed by atoms with Crippen molar-refractivity contribution in [1.82, 2.24) is 4.90 Å². The highest BCUT2D eigenvalue weighted by Crippen LogP contribution is 2.38. The fourth-order valence-corrected chi connectivity index (χ4v) is 5.98. The molecule has 2 atom stereocenters. The number of benzene rings is 2. The van der Waals surface area contributed by atoms with Crippen LogP contribution in [0.5, 0.6) is 0 Å². The van der Waals surface area contributed by atoms with Gasteiger partial charge in [0.1, 0.15) is 0 Å². The van der Waals surface area contributed by atoms with Gasteiger partial charge >= 0.3 is 0 Å². The molecule has 2 aromatic rings. The van der Waals surface area contributed by atoms with E-state index in [9.17, 15) is 18.0 Å². The lowest BCUT2D eigenvalue weighted by Crippen LogP contribution is -2.30. The van der Waals surface area contributed by atoms with Crippen LogP contribution in [0.2, 0.25) is 0 Å². The van der Waals surface area contributed by atoms with Crippen molar-refractivity contribution in [3.63, 3.8) is 0 Å². The van der Waals surface area contributed by atoms with Crippen molar-refractivity contribution >= 4 is 27.5 Å². The van der Waals surface area contributed by atoms with E-state index in [-0.39, 0.29) is 35.1 Å². The summed E-state index contributed by atoms with van der Waals surface area (Å²) in [5.74, 6) is -0.645. The maximum absolute atomic E-state index is 13.0. The third-order valence-corrected chi connectivity index (χ3v) is 7.95. The fourth-order valence-electron chi connectivity index (χ4n) is 4.62. The van der Waals surface area contributed by atoms with Crippen LogP contribution in [0, 0.1) is 18.8 Å². The molecule has 1 aliphatic heterocycles. The molecule has 1 saturated heterocycles. The quantitative estimate of drug-likeness (QED) is 0.688. The molecule has 2 fully saturated rings. The highest BCUT2D eigenvalue weighted by Gasteiger charge is 2.47. The molecule has 4 rings (SSSR count). The van der Waals surface area contributed by atoms with Crippen molar-refractivity contribution < 1.29 is 18.0 Å². The van der Waals surface area contributed by atoms with Crippen molar-refractivity contribution in [2.45, 2.75) is 57.4 Å². The number of sulfonamides is 1. The molecule has 1 N–H and O–H groups in total. The van der Waals surface area contributed by atoms with Crippen LogP contribution in [0.15, 0.2) is 47.4 Å². The largest absolute Gasteiger partial charge is 0.280 e. The van der Waals surface area contributed by atoms with Crippen molar-refractivity contribution in [3.8, 4) is 0 Å². The molecule has 1 saturated carbocycles. The first-order valence-electron chi connectivity index (χ1n) is 10.9. The molecular formula is C24H28N2O4S. The van der Waals surface area contributed by atoms with Crippen molar-refractivity contribution in [2.75, 3.05) is 4.72 Å². The monoisotopic (exact) mass is 440 g/mol. The molecule has 1 heterocycles. The van der Waals surface area contributed by atoms with E-state index in [0.29, 0.717) is 16.8 Å². The number of carbonyl (C=O) groups excluding carboxylic acids is 2. The number of anilines is 1. The number of aryl methyl sites for hydroxylation is 2. The zero-order chi connectivity index (χ0) is 22.2. The average Bonchev–Trinajstić information content (AvgIpc) is 3.00. The summed E-state index contributed by atoms with van der Waals surface area (Å²) < 4.78 is 28.7. The lowest BCUT2D eigenvalue weighted by atomic mass is 9.81. The van der Waals surface area contributed by atoms with E-state index in [4.69, 9.17) is 0 Å². The SMILES string of the molecule is CCc1ccc(NS(=O)(=O)c2cc(CN3C(=O)[C@H]4CCCC[C@@H]4C3=O)ccc2C)cc1. The van der Waals surface area contributed by atoms with E-state index in [2.05, 4.69) is 4.72 Å². The number of nitrogens with one attached hydrogen (secondary N) is 1. The average molecular weight is 441 g/mol. The van der Waals surface area contributed by atoms with Gasteiger partial charge in [0, 0.05) is 5.69 Å². The number of imide groups is 1. The number of amides is 2. The summed E-state index contributed by atoms with van der Waals surface area (Å²) in [6.07, 6.45) is 4.36. The molecule has 7 heteroatoms. The lowest BCUT2D eigenvalue weighted by Gasteiger charge is -2.19. The first-order valence-corrected chi connectivity index (χ1v) is 12.3. The zero-order valence-corrected chi connectivity index (χ0v) is 18.7. The smallest absolute Gasteiger partial charge is 0.262 e. The van der Waals surface area contributed by atoms with Crippen LogP contribution in [0.3, 0.4) is 0 Å². The Bertz CT molecular complexity index is 1080. The van der Waals surface area contributed by atoms with Gasteiger partial charge < -0.3 is 0 Å². The Balaban J connectivity index is 1.56. The van der Waals surface area contributed by atoms with Crippen LogP contribution in [-0.2, 0) is 32.6 Å².